The molecule has 0 aromatic heterocycles. The second-order valence-corrected chi connectivity index (χ2v) is 5.75. The van der Waals surface area contributed by atoms with E-state index in [-0.39, 0.29) is 5.91 Å². The molecule has 1 amide bonds. The zero-order valence-electron chi connectivity index (χ0n) is 11.7. The van der Waals surface area contributed by atoms with Gasteiger partial charge in [-0.1, -0.05) is 11.6 Å². The van der Waals surface area contributed by atoms with Crippen molar-refractivity contribution in [3.63, 3.8) is 0 Å². The molecule has 0 aliphatic carbocycles. The summed E-state index contributed by atoms with van der Waals surface area (Å²) in [6.07, 6.45) is 0.519. The number of thioether (sulfide) groups is 1. The fourth-order valence-corrected chi connectivity index (χ4v) is 2.45. The molecule has 4 nitrogen and oxygen atoms in total. The van der Waals surface area contributed by atoms with Gasteiger partial charge in [0.2, 0.25) is 5.91 Å². The second-order valence-electron chi connectivity index (χ2n) is 4.15. The predicted octanol–water partition coefficient (Wildman–Crippen LogP) is 2.17. The minimum atomic E-state index is 0.0833. The maximum absolute atomic E-state index is 11.6. The van der Waals surface area contributed by atoms with Gasteiger partial charge >= 0.3 is 0 Å². The number of carbonyl (C=O) groups is 1. The van der Waals surface area contributed by atoms with Crippen molar-refractivity contribution in [3.8, 4) is 0 Å². The van der Waals surface area contributed by atoms with Crippen LogP contribution in [-0.2, 0) is 9.53 Å². The van der Waals surface area contributed by atoms with Gasteiger partial charge in [0, 0.05) is 48.8 Å². The van der Waals surface area contributed by atoms with Crippen molar-refractivity contribution in [2.75, 3.05) is 39.1 Å². The number of benzene rings is 1. The van der Waals surface area contributed by atoms with E-state index in [1.807, 2.05) is 24.3 Å². The van der Waals surface area contributed by atoms with E-state index in [0.717, 1.165) is 28.8 Å². The van der Waals surface area contributed by atoms with Crippen molar-refractivity contribution < 1.29 is 9.53 Å². The minimum Gasteiger partial charge on any atom is -0.383 e. The summed E-state index contributed by atoms with van der Waals surface area (Å²) in [5, 5.41) is 6.78. The van der Waals surface area contributed by atoms with Gasteiger partial charge in [-0.05, 0) is 24.3 Å². The Morgan fingerprint density at radius 1 is 1.25 bits per heavy atom. The molecule has 2 N–H and O–H groups in total. The van der Waals surface area contributed by atoms with E-state index in [9.17, 15) is 4.79 Å². The first-order valence-electron chi connectivity index (χ1n) is 6.57. The number of methoxy groups -OCH3 is 1. The van der Waals surface area contributed by atoms with Gasteiger partial charge in [-0.25, -0.2) is 0 Å². The van der Waals surface area contributed by atoms with Crippen LogP contribution in [0.5, 0.6) is 0 Å². The maximum atomic E-state index is 11.6. The molecule has 0 atom stereocenters. The summed E-state index contributed by atoms with van der Waals surface area (Å²) in [6, 6.07) is 7.64. The SMILES string of the molecule is COCCNCCNC(=O)CCSc1ccc(Cl)cc1. The van der Waals surface area contributed by atoms with Gasteiger partial charge in [0.05, 0.1) is 6.61 Å². The van der Waals surface area contributed by atoms with Crippen LogP contribution in [0.15, 0.2) is 29.2 Å². The molecule has 6 heteroatoms. The Labute approximate surface area is 129 Å². The van der Waals surface area contributed by atoms with Crippen molar-refractivity contribution in [2.24, 2.45) is 0 Å². The van der Waals surface area contributed by atoms with E-state index in [4.69, 9.17) is 16.3 Å². The van der Waals surface area contributed by atoms with Gasteiger partial charge in [-0.2, -0.15) is 0 Å². The summed E-state index contributed by atoms with van der Waals surface area (Å²) in [5.74, 6) is 0.852. The number of hydrogen-bond donors (Lipinski definition) is 2. The largest absolute Gasteiger partial charge is 0.383 e. The van der Waals surface area contributed by atoms with E-state index in [2.05, 4.69) is 10.6 Å². The van der Waals surface area contributed by atoms with Crippen molar-refractivity contribution in [2.45, 2.75) is 11.3 Å². The molecule has 0 bridgehead atoms. The first-order chi connectivity index (χ1) is 9.72. The van der Waals surface area contributed by atoms with E-state index in [1.165, 1.54) is 0 Å². The lowest BCUT2D eigenvalue weighted by atomic mass is 10.4. The van der Waals surface area contributed by atoms with Crippen LogP contribution in [-0.4, -0.2) is 45.0 Å². The fourth-order valence-electron chi connectivity index (χ4n) is 1.47. The highest BCUT2D eigenvalue weighted by molar-refractivity contribution is 7.99. The number of hydrogen-bond acceptors (Lipinski definition) is 4. The second kappa shape index (κ2) is 11.0. The van der Waals surface area contributed by atoms with Gasteiger partial charge in [0.1, 0.15) is 0 Å². The molecule has 0 aliphatic heterocycles. The van der Waals surface area contributed by atoms with Crippen molar-refractivity contribution in [3.05, 3.63) is 29.3 Å². The molecule has 0 heterocycles. The molecule has 0 saturated carbocycles. The number of amides is 1. The van der Waals surface area contributed by atoms with Gasteiger partial charge < -0.3 is 15.4 Å². The van der Waals surface area contributed by atoms with E-state index in [1.54, 1.807) is 18.9 Å². The molecule has 112 valence electrons. The third kappa shape index (κ3) is 8.43. The van der Waals surface area contributed by atoms with Crippen LogP contribution in [0, 0.1) is 0 Å². The topological polar surface area (TPSA) is 50.4 Å². The Balaban J connectivity index is 2.01. The molecule has 0 aliphatic rings. The lowest BCUT2D eigenvalue weighted by molar-refractivity contribution is -0.120. The molecular formula is C14H21ClN2O2S. The van der Waals surface area contributed by atoms with E-state index < -0.39 is 0 Å². The third-order valence-electron chi connectivity index (χ3n) is 2.52. The predicted molar refractivity (Wildman–Crippen MR) is 84.5 cm³/mol. The summed E-state index contributed by atoms with van der Waals surface area (Å²) in [5.41, 5.74) is 0. The Hall–Kier alpha value is -0.750. The highest BCUT2D eigenvalue weighted by Crippen LogP contribution is 2.20. The van der Waals surface area contributed by atoms with Crippen molar-refractivity contribution in [1.82, 2.24) is 10.6 Å². The number of nitrogens with one attached hydrogen (secondary N) is 2. The van der Waals surface area contributed by atoms with E-state index in [0.29, 0.717) is 19.6 Å². The Kier molecular flexibility index (Phi) is 9.49. The van der Waals surface area contributed by atoms with Crippen molar-refractivity contribution >= 4 is 29.3 Å². The van der Waals surface area contributed by atoms with Crippen molar-refractivity contribution in [1.29, 1.82) is 0 Å². The van der Waals surface area contributed by atoms with Crippen LogP contribution in [0.3, 0.4) is 0 Å². The van der Waals surface area contributed by atoms with Crippen LogP contribution >= 0.6 is 23.4 Å². The lowest BCUT2D eigenvalue weighted by Gasteiger charge is -2.06. The molecule has 1 rings (SSSR count). The molecule has 0 fully saturated rings. The maximum Gasteiger partial charge on any atom is 0.220 e. The average molecular weight is 317 g/mol. The number of ether oxygens (including phenoxy) is 1. The van der Waals surface area contributed by atoms with Crippen LogP contribution in [0.4, 0.5) is 0 Å². The highest BCUT2D eigenvalue weighted by atomic mass is 35.5. The fraction of sp³-hybridized carbons (Fsp3) is 0.500. The third-order valence-corrected chi connectivity index (χ3v) is 3.78. The molecule has 1 aromatic rings. The Morgan fingerprint density at radius 2 is 2.00 bits per heavy atom. The number of carbonyl (C=O) groups excluding carboxylic acids is 1. The summed E-state index contributed by atoms with van der Waals surface area (Å²) in [4.78, 5) is 12.7. The highest BCUT2D eigenvalue weighted by Gasteiger charge is 2.01. The normalized spacial score (nSPS) is 10.5. The zero-order chi connectivity index (χ0) is 14.6. The molecule has 0 radical (unpaired) electrons. The standard InChI is InChI=1S/C14H21ClN2O2S/c1-19-10-9-16-7-8-17-14(18)6-11-20-13-4-2-12(15)3-5-13/h2-5,16H,6-11H2,1H3,(H,17,18). The quantitative estimate of drug-likeness (QED) is 0.513. The number of halogens is 1. The molecule has 0 unspecified atom stereocenters. The van der Waals surface area contributed by atoms with E-state index >= 15 is 0 Å². The molecule has 0 saturated heterocycles. The Bertz CT molecular complexity index is 387. The minimum absolute atomic E-state index is 0.0833. The first kappa shape index (κ1) is 17.3. The monoisotopic (exact) mass is 316 g/mol. The average Bonchev–Trinajstić information content (AvgIpc) is 2.45. The van der Waals surface area contributed by atoms with Crippen LogP contribution < -0.4 is 10.6 Å². The van der Waals surface area contributed by atoms with Gasteiger partial charge in [-0.3, -0.25) is 4.79 Å². The summed E-state index contributed by atoms with van der Waals surface area (Å²) >= 11 is 7.47. The van der Waals surface area contributed by atoms with Crippen LogP contribution in [0.2, 0.25) is 5.02 Å². The summed E-state index contributed by atoms with van der Waals surface area (Å²) in [6.45, 7) is 2.90. The van der Waals surface area contributed by atoms with Crippen LogP contribution in [0.1, 0.15) is 6.42 Å². The van der Waals surface area contributed by atoms with Gasteiger partial charge in [-0.15, -0.1) is 11.8 Å². The van der Waals surface area contributed by atoms with Crippen LogP contribution in [0.25, 0.3) is 0 Å². The first-order valence-corrected chi connectivity index (χ1v) is 7.93. The zero-order valence-corrected chi connectivity index (χ0v) is 13.2. The summed E-state index contributed by atoms with van der Waals surface area (Å²) in [7, 11) is 1.67. The number of rotatable bonds is 10. The lowest BCUT2D eigenvalue weighted by Crippen LogP contribution is -2.33. The smallest absolute Gasteiger partial charge is 0.220 e. The molecule has 1 aromatic carbocycles. The molecule has 0 spiro atoms. The summed E-state index contributed by atoms with van der Waals surface area (Å²) < 4.78 is 4.91. The molecule has 20 heavy (non-hydrogen) atoms. The Morgan fingerprint density at radius 3 is 2.70 bits per heavy atom. The van der Waals surface area contributed by atoms with Gasteiger partial charge in [0.25, 0.3) is 0 Å². The molecular weight excluding hydrogens is 296 g/mol. The van der Waals surface area contributed by atoms with Gasteiger partial charge in [0.15, 0.2) is 0 Å².